The van der Waals surface area contributed by atoms with E-state index in [0.29, 0.717) is 6.04 Å². The molecule has 0 fully saturated rings. The maximum absolute atomic E-state index is 4.24. The molecule has 2 aromatic heterocycles. The van der Waals surface area contributed by atoms with Crippen LogP contribution in [0.1, 0.15) is 26.0 Å². The SMILES string of the molecule is CCC(C)NCc1ccnc2ccnn12. The minimum Gasteiger partial charge on any atom is -0.309 e. The van der Waals surface area contributed by atoms with Crippen molar-refractivity contribution in [3.63, 3.8) is 0 Å². The average Bonchev–Trinajstić information content (AvgIpc) is 2.74. The molecule has 1 atom stereocenters. The fraction of sp³-hybridized carbons (Fsp3) is 0.455. The Hall–Kier alpha value is -1.42. The van der Waals surface area contributed by atoms with Gasteiger partial charge in [0.2, 0.25) is 0 Å². The molecule has 0 aliphatic heterocycles. The number of fused-ring (bicyclic) bond motifs is 1. The predicted octanol–water partition coefficient (Wildman–Crippen LogP) is 1.62. The molecule has 80 valence electrons. The Morgan fingerprint density at radius 2 is 2.27 bits per heavy atom. The van der Waals surface area contributed by atoms with Crippen molar-refractivity contribution >= 4 is 5.65 Å². The third-order valence-electron chi connectivity index (χ3n) is 2.61. The number of nitrogens with one attached hydrogen (secondary N) is 1. The first kappa shape index (κ1) is 10.1. The lowest BCUT2D eigenvalue weighted by atomic mass is 10.2. The smallest absolute Gasteiger partial charge is 0.155 e. The summed E-state index contributed by atoms with van der Waals surface area (Å²) in [5.41, 5.74) is 2.05. The van der Waals surface area contributed by atoms with Crippen LogP contribution >= 0.6 is 0 Å². The van der Waals surface area contributed by atoms with Crippen molar-refractivity contribution in [2.24, 2.45) is 0 Å². The Labute approximate surface area is 89.3 Å². The summed E-state index contributed by atoms with van der Waals surface area (Å²) in [5.74, 6) is 0. The van der Waals surface area contributed by atoms with Crippen LogP contribution in [0.25, 0.3) is 5.65 Å². The highest BCUT2D eigenvalue weighted by molar-refractivity contribution is 5.36. The van der Waals surface area contributed by atoms with Crippen LogP contribution in [0.3, 0.4) is 0 Å². The standard InChI is InChI=1S/C11H16N4/c1-3-9(2)13-8-10-4-6-12-11-5-7-14-15(10)11/h4-7,9,13H,3,8H2,1-2H3. The highest BCUT2D eigenvalue weighted by atomic mass is 15.3. The second-order valence-corrected chi connectivity index (χ2v) is 3.73. The zero-order valence-corrected chi connectivity index (χ0v) is 9.14. The highest BCUT2D eigenvalue weighted by Crippen LogP contribution is 2.03. The van der Waals surface area contributed by atoms with Crippen LogP contribution in [0.15, 0.2) is 24.5 Å². The van der Waals surface area contributed by atoms with Crippen molar-refractivity contribution in [3.05, 3.63) is 30.2 Å². The van der Waals surface area contributed by atoms with Gasteiger partial charge in [0.15, 0.2) is 5.65 Å². The van der Waals surface area contributed by atoms with Gasteiger partial charge in [0, 0.05) is 24.8 Å². The molecule has 0 amide bonds. The van der Waals surface area contributed by atoms with E-state index in [1.54, 1.807) is 6.20 Å². The normalized spacial score (nSPS) is 13.2. The summed E-state index contributed by atoms with van der Waals surface area (Å²) in [4.78, 5) is 4.22. The molecule has 2 rings (SSSR count). The number of rotatable bonds is 4. The van der Waals surface area contributed by atoms with Gasteiger partial charge in [-0.3, -0.25) is 0 Å². The Morgan fingerprint density at radius 1 is 1.40 bits per heavy atom. The molecular formula is C11H16N4. The molecule has 2 heterocycles. The third-order valence-corrected chi connectivity index (χ3v) is 2.61. The van der Waals surface area contributed by atoms with Gasteiger partial charge in [0.1, 0.15) is 0 Å². The minimum absolute atomic E-state index is 0.531. The molecule has 15 heavy (non-hydrogen) atoms. The van der Waals surface area contributed by atoms with Gasteiger partial charge in [0.25, 0.3) is 0 Å². The second-order valence-electron chi connectivity index (χ2n) is 3.73. The molecule has 0 saturated heterocycles. The van der Waals surface area contributed by atoms with Gasteiger partial charge in [-0.2, -0.15) is 5.10 Å². The zero-order chi connectivity index (χ0) is 10.7. The van der Waals surface area contributed by atoms with E-state index < -0.39 is 0 Å². The molecule has 0 aliphatic rings. The molecule has 0 aliphatic carbocycles. The Morgan fingerprint density at radius 3 is 3.07 bits per heavy atom. The van der Waals surface area contributed by atoms with E-state index in [0.717, 1.165) is 24.3 Å². The van der Waals surface area contributed by atoms with Crippen molar-refractivity contribution < 1.29 is 0 Å². The Balaban J connectivity index is 2.17. The van der Waals surface area contributed by atoms with E-state index in [2.05, 4.69) is 29.2 Å². The summed E-state index contributed by atoms with van der Waals surface area (Å²) in [6.45, 7) is 5.19. The van der Waals surface area contributed by atoms with Gasteiger partial charge in [-0.25, -0.2) is 9.50 Å². The van der Waals surface area contributed by atoms with E-state index >= 15 is 0 Å². The molecule has 0 bridgehead atoms. The van der Waals surface area contributed by atoms with Crippen molar-refractivity contribution in [1.82, 2.24) is 19.9 Å². The predicted molar refractivity (Wildman–Crippen MR) is 59.6 cm³/mol. The van der Waals surface area contributed by atoms with E-state index in [1.165, 1.54) is 0 Å². The number of nitrogens with zero attached hydrogens (tertiary/aromatic N) is 3. The summed E-state index contributed by atoms with van der Waals surface area (Å²) in [6.07, 6.45) is 4.73. The largest absolute Gasteiger partial charge is 0.309 e. The molecule has 4 heteroatoms. The molecule has 0 radical (unpaired) electrons. The van der Waals surface area contributed by atoms with Crippen molar-refractivity contribution in [3.8, 4) is 0 Å². The molecule has 4 nitrogen and oxygen atoms in total. The minimum atomic E-state index is 0.531. The monoisotopic (exact) mass is 204 g/mol. The van der Waals surface area contributed by atoms with Gasteiger partial charge >= 0.3 is 0 Å². The van der Waals surface area contributed by atoms with E-state index in [1.807, 2.05) is 22.8 Å². The van der Waals surface area contributed by atoms with Crippen LogP contribution in [-0.2, 0) is 6.54 Å². The summed E-state index contributed by atoms with van der Waals surface area (Å²) in [6, 6.07) is 4.44. The molecule has 0 spiro atoms. The average molecular weight is 204 g/mol. The maximum Gasteiger partial charge on any atom is 0.155 e. The number of hydrogen-bond donors (Lipinski definition) is 1. The van der Waals surface area contributed by atoms with Crippen LogP contribution in [0.5, 0.6) is 0 Å². The van der Waals surface area contributed by atoms with Crippen LogP contribution in [0.4, 0.5) is 0 Å². The van der Waals surface area contributed by atoms with Crippen molar-refractivity contribution in [1.29, 1.82) is 0 Å². The summed E-state index contributed by atoms with van der Waals surface area (Å²) in [5, 5.41) is 7.68. The number of hydrogen-bond acceptors (Lipinski definition) is 3. The van der Waals surface area contributed by atoms with Crippen LogP contribution in [-0.4, -0.2) is 20.6 Å². The molecule has 2 aromatic rings. The molecule has 1 unspecified atom stereocenters. The fourth-order valence-corrected chi connectivity index (χ4v) is 1.44. The summed E-state index contributed by atoms with van der Waals surface area (Å²) >= 11 is 0. The molecule has 0 saturated carbocycles. The van der Waals surface area contributed by atoms with Gasteiger partial charge in [-0.1, -0.05) is 6.92 Å². The second kappa shape index (κ2) is 4.40. The zero-order valence-electron chi connectivity index (χ0n) is 9.14. The highest BCUT2D eigenvalue weighted by Gasteiger charge is 2.03. The van der Waals surface area contributed by atoms with Gasteiger partial charge < -0.3 is 5.32 Å². The van der Waals surface area contributed by atoms with Crippen molar-refractivity contribution in [2.75, 3.05) is 0 Å². The lowest BCUT2D eigenvalue weighted by Crippen LogP contribution is -2.25. The van der Waals surface area contributed by atoms with Crippen LogP contribution < -0.4 is 5.32 Å². The number of aromatic nitrogens is 3. The van der Waals surface area contributed by atoms with E-state index in [4.69, 9.17) is 0 Å². The molecular weight excluding hydrogens is 188 g/mol. The lowest BCUT2D eigenvalue weighted by Gasteiger charge is -2.11. The summed E-state index contributed by atoms with van der Waals surface area (Å²) in [7, 11) is 0. The van der Waals surface area contributed by atoms with E-state index in [9.17, 15) is 0 Å². The first-order valence-electron chi connectivity index (χ1n) is 5.32. The molecule has 1 N–H and O–H groups in total. The Bertz CT molecular complexity index is 435. The van der Waals surface area contributed by atoms with E-state index in [-0.39, 0.29) is 0 Å². The third kappa shape index (κ3) is 2.15. The van der Waals surface area contributed by atoms with Crippen LogP contribution in [0, 0.1) is 0 Å². The quantitative estimate of drug-likeness (QED) is 0.822. The lowest BCUT2D eigenvalue weighted by molar-refractivity contribution is 0.523. The molecule has 0 aromatic carbocycles. The first-order chi connectivity index (χ1) is 7.31. The van der Waals surface area contributed by atoms with Crippen LogP contribution in [0.2, 0.25) is 0 Å². The first-order valence-corrected chi connectivity index (χ1v) is 5.32. The van der Waals surface area contributed by atoms with Gasteiger partial charge in [-0.05, 0) is 19.4 Å². The summed E-state index contributed by atoms with van der Waals surface area (Å²) < 4.78 is 1.87. The van der Waals surface area contributed by atoms with Gasteiger partial charge in [-0.15, -0.1) is 0 Å². The Kier molecular flexibility index (Phi) is 2.97. The maximum atomic E-state index is 4.24. The topological polar surface area (TPSA) is 42.2 Å². The van der Waals surface area contributed by atoms with Gasteiger partial charge in [0.05, 0.1) is 11.9 Å². The van der Waals surface area contributed by atoms with Crippen molar-refractivity contribution in [2.45, 2.75) is 32.9 Å². The fourth-order valence-electron chi connectivity index (χ4n) is 1.44.